The summed E-state index contributed by atoms with van der Waals surface area (Å²) in [7, 11) is 0. The Kier molecular flexibility index (Phi) is 3.34. The van der Waals surface area contributed by atoms with Crippen LogP contribution >= 0.6 is 0 Å². The molecule has 1 aromatic carbocycles. The summed E-state index contributed by atoms with van der Waals surface area (Å²) in [5, 5.41) is 0. The van der Waals surface area contributed by atoms with Crippen molar-refractivity contribution in [3.05, 3.63) is 54.4 Å². The molecule has 0 atom stereocenters. The first-order valence-corrected chi connectivity index (χ1v) is 6.27. The Morgan fingerprint density at radius 1 is 1.29 bits per heavy atom. The van der Waals surface area contributed by atoms with Gasteiger partial charge in [0.05, 0.1) is 6.20 Å². The molecule has 0 saturated heterocycles. The van der Waals surface area contributed by atoms with Gasteiger partial charge in [0.2, 0.25) is 11.8 Å². The van der Waals surface area contributed by atoms with E-state index in [2.05, 4.69) is 15.0 Å². The Hall–Kier alpha value is -3.15. The number of amides is 1. The van der Waals surface area contributed by atoms with E-state index in [0.717, 1.165) is 5.56 Å². The molecule has 3 aromatic rings. The van der Waals surface area contributed by atoms with E-state index in [1.807, 2.05) is 30.3 Å². The third-order valence-corrected chi connectivity index (χ3v) is 2.78. The molecule has 0 aliphatic rings. The minimum Gasteiger partial charge on any atom is -0.437 e. The summed E-state index contributed by atoms with van der Waals surface area (Å²) in [5.74, 6) is 0.534. The van der Waals surface area contributed by atoms with E-state index >= 15 is 0 Å². The number of nitrogens with two attached hydrogens (primary N) is 1. The van der Waals surface area contributed by atoms with Gasteiger partial charge in [0.25, 0.3) is 0 Å². The average Bonchev–Trinajstić information content (AvgIpc) is 2.88. The normalized spacial score (nSPS) is 11.0. The van der Waals surface area contributed by atoms with Crippen molar-refractivity contribution >= 4 is 23.1 Å². The van der Waals surface area contributed by atoms with E-state index < -0.39 is 5.91 Å². The van der Waals surface area contributed by atoms with Crippen molar-refractivity contribution in [2.75, 3.05) is 0 Å². The lowest BCUT2D eigenvalue weighted by Gasteiger charge is -2.03. The second-order valence-electron chi connectivity index (χ2n) is 4.30. The zero-order valence-electron chi connectivity index (χ0n) is 11.0. The first-order chi connectivity index (χ1) is 10.2. The Balaban J connectivity index is 1.95. The summed E-state index contributed by atoms with van der Waals surface area (Å²) < 4.78 is 5.63. The number of carbonyl (C=O) groups excluding carboxylic acids is 1. The summed E-state index contributed by atoms with van der Waals surface area (Å²) >= 11 is 0. The maximum Gasteiger partial charge on any atom is 0.241 e. The van der Waals surface area contributed by atoms with Gasteiger partial charge in [-0.05, 0) is 18.2 Å². The van der Waals surface area contributed by atoms with Crippen molar-refractivity contribution in [2.24, 2.45) is 5.73 Å². The van der Waals surface area contributed by atoms with Gasteiger partial charge < -0.3 is 15.5 Å². The largest absolute Gasteiger partial charge is 0.437 e. The van der Waals surface area contributed by atoms with Crippen LogP contribution in [0.2, 0.25) is 0 Å². The van der Waals surface area contributed by atoms with Crippen LogP contribution in [0.3, 0.4) is 0 Å². The van der Waals surface area contributed by atoms with Gasteiger partial charge in [-0.25, -0.2) is 9.97 Å². The monoisotopic (exact) mass is 280 g/mol. The molecular weight excluding hydrogens is 268 g/mol. The first kappa shape index (κ1) is 12.9. The summed E-state index contributed by atoms with van der Waals surface area (Å²) in [5.41, 5.74) is 7.03. The molecule has 0 fully saturated rings. The van der Waals surface area contributed by atoms with Gasteiger partial charge in [0.1, 0.15) is 11.3 Å². The molecule has 104 valence electrons. The summed E-state index contributed by atoms with van der Waals surface area (Å²) in [6.07, 6.45) is 6.10. The Morgan fingerprint density at radius 2 is 2.10 bits per heavy atom. The molecule has 1 amide bonds. The smallest absolute Gasteiger partial charge is 0.241 e. The Bertz CT molecular complexity index is 809. The molecule has 2 aromatic heterocycles. The standard InChI is InChI=1S/C15H12N4O2/c16-12(20)7-6-10-8-17-15-14(10)19-13(9-18-15)21-11-4-2-1-3-5-11/h1-9H,(H2,16,20)(H,17,18). The number of carbonyl (C=O) groups is 1. The molecule has 0 aliphatic carbocycles. The maximum absolute atomic E-state index is 10.8. The van der Waals surface area contributed by atoms with Gasteiger partial charge in [0.15, 0.2) is 5.65 Å². The first-order valence-electron chi connectivity index (χ1n) is 6.27. The number of fused-ring (bicyclic) bond motifs is 1. The van der Waals surface area contributed by atoms with E-state index in [9.17, 15) is 4.79 Å². The van der Waals surface area contributed by atoms with Crippen LogP contribution in [-0.4, -0.2) is 20.9 Å². The van der Waals surface area contributed by atoms with E-state index in [-0.39, 0.29) is 0 Å². The zero-order valence-corrected chi connectivity index (χ0v) is 11.0. The number of benzene rings is 1. The van der Waals surface area contributed by atoms with Crippen molar-refractivity contribution in [1.82, 2.24) is 15.0 Å². The molecule has 2 heterocycles. The highest BCUT2D eigenvalue weighted by atomic mass is 16.5. The fraction of sp³-hybridized carbons (Fsp3) is 0. The van der Waals surface area contributed by atoms with Gasteiger partial charge in [-0.3, -0.25) is 4.79 Å². The molecule has 0 radical (unpaired) electrons. The number of ether oxygens (including phenoxy) is 1. The van der Waals surface area contributed by atoms with Crippen LogP contribution in [0, 0.1) is 0 Å². The number of H-pyrrole nitrogens is 1. The van der Waals surface area contributed by atoms with Gasteiger partial charge >= 0.3 is 0 Å². The second kappa shape index (κ2) is 5.46. The van der Waals surface area contributed by atoms with Gasteiger partial charge in [-0.15, -0.1) is 0 Å². The summed E-state index contributed by atoms with van der Waals surface area (Å²) in [6, 6.07) is 9.31. The lowest BCUT2D eigenvalue weighted by atomic mass is 10.3. The zero-order chi connectivity index (χ0) is 14.7. The van der Waals surface area contributed by atoms with Crippen LogP contribution in [0.15, 0.2) is 48.8 Å². The SMILES string of the molecule is NC(=O)C=Cc1c[nH]c2ncc(Oc3ccccc3)nc12. The average molecular weight is 280 g/mol. The Labute approximate surface area is 120 Å². The highest BCUT2D eigenvalue weighted by Crippen LogP contribution is 2.22. The topological polar surface area (TPSA) is 93.9 Å². The molecule has 0 saturated carbocycles. The van der Waals surface area contributed by atoms with Crippen molar-refractivity contribution in [3.63, 3.8) is 0 Å². The molecule has 0 spiro atoms. The van der Waals surface area contributed by atoms with Crippen LogP contribution in [0.1, 0.15) is 5.56 Å². The molecular formula is C15H12N4O2. The number of primary amides is 1. The van der Waals surface area contributed by atoms with Gasteiger partial charge in [-0.2, -0.15) is 0 Å². The van der Waals surface area contributed by atoms with Gasteiger partial charge in [-0.1, -0.05) is 18.2 Å². The van der Waals surface area contributed by atoms with E-state index in [4.69, 9.17) is 10.5 Å². The minimum absolute atomic E-state index is 0.377. The third-order valence-electron chi connectivity index (χ3n) is 2.78. The van der Waals surface area contributed by atoms with E-state index in [0.29, 0.717) is 22.8 Å². The predicted octanol–water partition coefficient (Wildman–Crippen LogP) is 2.25. The van der Waals surface area contributed by atoms with Crippen molar-refractivity contribution in [3.8, 4) is 11.6 Å². The van der Waals surface area contributed by atoms with Crippen LogP contribution in [-0.2, 0) is 4.79 Å². The van der Waals surface area contributed by atoms with Crippen molar-refractivity contribution in [1.29, 1.82) is 0 Å². The minimum atomic E-state index is -0.519. The molecule has 6 heteroatoms. The van der Waals surface area contributed by atoms with Crippen LogP contribution < -0.4 is 10.5 Å². The quantitative estimate of drug-likeness (QED) is 0.717. The summed E-state index contributed by atoms with van der Waals surface area (Å²) in [6.45, 7) is 0. The van der Waals surface area contributed by atoms with Crippen molar-refractivity contribution < 1.29 is 9.53 Å². The number of aromatic nitrogens is 3. The number of nitrogens with zero attached hydrogens (tertiary/aromatic N) is 2. The van der Waals surface area contributed by atoms with Crippen molar-refractivity contribution in [2.45, 2.75) is 0 Å². The third kappa shape index (κ3) is 2.89. The van der Waals surface area contributed by atoms with Crippen LogP contribution in [0.4, 0.5) is 0 Å². The fourth-order valence-corrected chi connectivity index (χ4v) is 1.85. The molecule has 0 unspecified atom stereocenters. The predicted molar refractivity (Wildman–Crippen MR) is 78.6 cm³/mol. The molecule has 0 bridgehead atoms. The molecule has 6 nitrogen and oxygen atoms in total. The number of aromatic amines is 1. The highest BCUT2D eigenvalue weighted by Gasteiger charge is 2.07. The fourth-order valence-electron chi connectivity index (χ4n) is 1.85. The number of hydrogen-bond acceptors (Lipinski definition) is 4. The number of hydrogen-bond donors (Lipinski definition) is 2. The van der Waals surface area contributed by atoms with Crippen LogP contribution in [0.25, 0.3) is 17.2 Å². The number of para-hydroxylation sites is 1. The molecule has 3 rings (SSSR count). The maximum atomic E-state index is 10.8. The molecule has 0 aliphatic heterocycles. The molecule has 3 N–H and O–H groups in total. The Morgan fingerprint density at radius 3 is 2.86 bits per heavy atom. The van der Waals surface area contributed by atoms with E-state index in [1.165, 1.54) is 12.3 Å². The summed E-state index contributed by atoms with van der Waals surface area (Å²) in [4.78, 5) is 22.4. The lowest BCUT2D eigenvalue weighted by molar-refractivity contribution is -0.113. The molecule has 21 heavy (non-hydrogen) atoms. The number of rotatable bonds is 4. The van der Waals surface area contributed by atoms with E-state index in [1.54, 1.807) is 12.3 Å². The highest BCUT2D eigenvalue weighted by molar-refractivity contribution is 5.93. The number of nitrogens with one attached hydrogen (secondary N) is 1. The lowest BCUT2D eigenvalue weighted by Crippen LogP contribution is -2.05. The van der Waals surface area contributed by atoms with Gasteiger partial charge in [0, 0.05) is 17.8 Å². The second-order valence-corrected chi connectivity index (χ2v) is 4.30. The van der Waals surface area contributed by atoms with Crippen LogP contribution in [0.5, 0.6) is 11.6 Å².